The first-order valence-corrected chi connectivity index (χ1v) is 9.56. The predicted octanol–water partition coefficient (Wildman–Crippen LogP) is 3.98. The fourth-order valence-electron chi connectivity index (χ4n) is 2.31. The summed E-state index contributed by atoms with van der Waals surface area (Å²) < 4.78 is 5.57. The molecule has 3 rings (SSSR count). The first-order valence-electron chi connectivity index (χ1n) is 8.20. The fourth-order valence-corrected chi connectivity index (χ4v) is 3.25. The Balaban J connectivity index is 1.50. The Hall–Kier alpha value is -2.51. The van der Waals surface area contributed by atoms with Crippen molar-refractivity contribution in [2.75, 3.05) is 24.7 Å². The summed E-state index contributed by atoms with van der Waals surface area (Å²) >= 11 is 7.10. The number of carbonyl (C=O) groups excluding carboxylic acids is 2. The molecule has 0 radical (unpaired) electrons. The topological polar surface area (TPSA) is 75.4 Å². The molecule has 0 aliphatic carbocycles. The van der Waals surface area contributed by atoms with Crippen LogP contribution in [0.4, 0.5) is 5.69 Å². The molecule has 0 aliphatic heterocycles. The molecule has 0 fully saturated rings. The first kappa shape index (κ1) is 19.3. The second kappa shape index (κ2) is 8.45. The summed E-state index contributed by atoms with van der Waals surface area (Å²) in [5, 5.41) is 3.72. The van der Waals surface area contributed by atoms with Crippen LogP contribution in [0.5, 0.6) is 0 Å². The number of nitrogens with one attached hydrogen (secondary N) is 1. The van der Waals surface area contributed by atoms with Gasteiger partial charge in [-0.2, -0.15) is 0 Å². The van der Waals surface area contributed by atoms with E-state index in [1.165, 1.54) is 16.7 Å². The zero-order chi connectivity index (χ0) is 19.4. The molecule has 2 amide bonds. The Morgan fingerprint density at radius 3 is 2.70 bits per heavy atom. The second-order valence-electron chi connectivity index (χ2n) is 6.04. The van der Waals surface area contributed by atoms with Gasteiger partial charge >= 0.3 is 0 Å². The van der Waals surface area contributed by atoms with Gasteiger partial charge in [-0.05, 0) is 31.2 Å². The Labute approximate surface area is 165 Å². The molecule has 0 saturated carbocycles. The number of anilines is 1. The van der Waals surface area contributed by atoms with E-state index in [0.29, 0.717) is 27.0 Å². The number of benzene rings is 2. The third kappa shape index (κ3) is 5.24. The molecule has 0 saturated heterocycles. The fraction of sp³-hybridized carbons (Fsp3) is 0.211. The van der Waals surface area contributed by atoms with Crippen molar-refractivity contribution in [3.05, 3.63) is 53.1 Å². The molecule has 1 aromatic heterocycles. The van der Waals surface area contributed by atoms with Crippen LogP contribution < -0.4 is 5.32 Å². The molecule has 27 heavy (non-hydrogen) atoms. The van der Waals surface area contributed by atoms with Gasteiger partial charge in [0, 0.05) is 23.8 Å². The Kier molecular flexibility index (Phi) is 6.03. The van der Waals surface area contributed by atoms with Crippen LogP contribution in [0.2, 0.25) is 5.02 Å². The minimum absolute atomic E-state index is 0.0313. The molecule has 0 bridgehead atoms. The number of fused-ring (bicyclic) bond motifs is 1. The lowest BCUT2D eigenvalue weighted by Crippen LogP contribution is -2.35. The number of oxazole rings is 1. The monoisotopic (exact) mass is 403 g/mol. The Morgan fingerprint density at radius 1 is 1.22 bits per heavy atom. The van der Waals surface area contributed by atoms with E-state index in [0.717, 1.165) is 5.56 Å². The smallest absolute Gasteiger partial charge is 0.257 e. The highest BCUT2D eigenvalue weighted by Crippen LogP contribution is 2.25. The molecule has 1 N–H and O–H groups in total. The van der Waals surface area contributed by atoms with Crippen LogP contribution in [0, 0.1) is 6.92 Å². The number of nitrogens with zero attached hydrogens (tertiary/aromatic N) is 2. The van der Waals surface area contributed by atoms with Crippen molar-refractivity contribution in [1.29, 1.82) is 0 Å². The lowest BCUT2D eigenvalue weighted by atomic mass is 10.2. The van der Waals surface area contributed by atoms with Gasteiger partial charge in [0.15, 0.2) is 5.58 Å². The van der Waals surface area contributed by atoms with Gasteiger partial charge in [-0.3, -0.25) is 9.59 Å². The van der Waals surface area contributed by atoms with Crippen LogP contribution in [-0.2, 0) is 9.59 Å². The van der Waals surface area contributed by atoms with Crippen molar-refractivity contribution >= 4 is 52.0 Å². The third-order valence-electron chi connectivity index (χ3n) is 3.79. The molecule has 2 aromatic carbocycles. The summed E-state index contributed by atoms with van der Waals surface area (Å²) in [5.74, 6) is -0.329. The SMILES string of the molecule is Cc1ccc(NC(=O)CN(C)C(=O)CSc2nc3ccc(Cl)cc3o2)cc1. The number of likely N-dealkylation sites (N-methyl/N-ethyl adjacent to an activating group) is 1. The Morgan fingerprint density at radius 2 is 1.96 bits per heavy atom. The normalized spacial score (nSPS) is 10.8. The number of thioether (sulfide) groups is 1. The average Bonchev–Trinajstić information content (AvgIpc) is 3.03. The van der Waals surface area contributed by atoms with Gasteiger partial charge in [0.05, 0.1) is 12.3 Å². The summed E-state index contributed by atoms with van der Waals surface area (Å²) in [7, 11) is 1.59. The van der Waals surface area contributed by atoms with E-state index in [4.69, 9.17) is 16.0 Å². The number of amides is 2. The zero-order valence-electron chi connectivity index (χ0n) is 14.9. The number of hydrogen-bond donors (Lipinski definition) is 1. The molecule has 0 atom stereocenters. The van der Waals surface area contributed by atoms with Gasteiger partial charge in [-0.15, -0.1) is 0 Å². The lowest BCUT2D eigenvalue weighted by Gasteiger charge is -2.16. The molecule has 8 heteroatoms. The molecule has 3 aromatic rings. The van der Waals surface area contributed by atoms with Crippen LogP contribution in [0.15, 0.2) is 52.1 Å². The molecule has 0 aliphatic rings. The molecule has 6 nitrogen and oxygen atoms in total. The van der Waals surface area contributed by atoms with Gasteiger partial charge in [0.25, 0.3) is 5.22 Å². The van der Waals surface area contributed by atoms with Crippen molar-refractivity contribution in [3.63, 3.8) is 0 Å². The lowest BCUT2D eigenvalue weighted by molar-refractivity contribution is -0.131. The van der Waals surface area contributed by atoms with Crippen LogP contribution in [0.25, 0.3) is 11.1 Å². The summed E-state index contributed by atoms with van der Waals surface area (Å²) in [6.07, 6.45) is 0. The molecule has 0 unspecified atom stereocenters. The highest BCUT2D eigenvalue weighted by molar-refractivity contribution is 7.99. The van der Waals surface area contributed by atoms with Crippen LogP contribution in [0.1, 0.15) is 5.56 Å². The van der Waals surface area contributed by atoms with Crippen molar-refractivity contribution in [2.45, 2.75) is 12.1 Å². The maximum Gasteiger partial charge on any atom is 0.257 e. The number of rotatable bonds is 6. The predicted molar refractivity (Wildman–Crippen MR) is 107 cm³/mol. The van der Waals surface area contributed by atoms with E-state index in [9.17, 15) is 9.59 Å². The number of carbonyl (C=O) groups is 2. The zero-order valence-corrected chi connectivity index (χ0v) is 16.4. The first-order chi connectivity index (χ1) is 12.9. The number of hydrogen-bond acceptors (Lipinski definition) is 5. The molecule has 0 spiro atoms. The minimum atomic E-state index is -0.254. The number of halogens is 1. The number of aryl methyl sites for hydroxylation is 1. The summed E-state index contributed by atoms with van der Waals surface area (Å²) in [5.41, 5.74) is 3.06. The van der Waals surface area contributed by atoms with Gasteiger partial charge < -0.3 is 14.6 Å². The second-order valence-corrected chi connectivity index (χ2v) is 7.41. The quantitative estimate of drug-likeness (QED) is 0.630. The maximum atomic E-state index is 12.3. The van der Waals surface area contributed by atoms with Crippen molar-refractivity contribution in [3.8, 4) is 0 Å². The van der Waals surface area contributed by atoms with E-state index < -0.39 is 0 Å². The van der Waals surface area contributed by atoms with Crippen LogP contribution in [-0.4, -0.2) is 41.0 Å². The van der Waals surface area contributed by atoms with Gasteiger partial charge in [0.1, 0.15) is 5.52 Å². The highest BCUT2D eigenvalue weighted by Gasteiger charge is 2.15. The van der Waals surface area contributed by atoms with Gasteiger partial charge in [-0.1, -0.05) is 41.1 Å². The van der Waals surface area contributed by atoms with Gasteiger partial charge in [0.2, 0.25) is 11.8 Å². The molecule has 140 valence electrons. The average molecular weight is 404 g/mol. The van der Waals surface area contributed by atoms with Crippen molar-refractivity contribution < 1.29 is 14.0 Å². The largest absolute Gasteiger partial charge is 0.431 e. The number of aromatic nitrogens is 1. The standard InChI is InChI=1S/C19H18ClN3O3S/c1-12-3-6-14(7-4-12)21-17(24)10-23(2)18(25)11-27-19-22-15-8-5-13(20)9-16(15)26-19/h3-9H,10-11H2,1-2H3,(H,21,24). The highest BCUT2D eigenvalue weighted by atomic mass is 35.5. The third-order valence-corrected chi connectivity index (χ3v) is 4.84. The van der Waals surface area contributed by atoms with Crippen molar-refractivity contribution in [1.82, 2.24) is 9.88 Å². The van der Waals surface area contributed by atoms with E-state index in [2.05, 4.69) is 10.3 Å². The summed E-state index contributed by atoms with van der Waals surface area (Å²) in [6.45, 7) is 1.94. The van der Waals surface area contributed by atoms with Crippen LogP contribution in [0.3, 0.4) is 0 Å². The van der Waals surface area contributed by atoms with Gasteiger partial charge in [-0.25, -0.2) is 4.98 Å². The molecular formula is C19H18ClN3O3S. The van der Waals surface area contributed by atoms with E-state index in [1.54, 1.807) is 25.2 Å². The minimum Gasteiger partial charge on any atom is -0.431 e. The van der Waals surface area contributed by atoms with Crippen LogP contribution >= 0.6 is 23.4 Å². The van der Waals surface area contributed by atoms with E-state index in [1.807, 2.05) is 31.2 Å². The molecule has 1 heterocycles. The Bertz CT molecular complexity index is 972. The summed E-state index contributed by atoms with van der Waals surface area (Å²) in [4.78, 5) is 30.0. The van der Waals surface area contributed by atoms with Crippen molar-refractivity contribution in [2.24, 2.45) is 0 Å². The molecular weight excluding hydrogens is 386 g/mol. The van der Waals surface area contributed by atoms with E-state index >= 15 is 0 Å². The maximum absolute atomic E-state index is 12.3. The summed E-state index contributed by atoms with van der Waals surface area (Å²) in [6, 6.07) is 12.6. The van der Waals surface area contributed by atoms with E-state index in [-0.39, 0.29) is 24.1 Å².